The molecule has 0 aliphatic rings. The molecule has 0 aromatic heterocycles. The third-order valence-electron chi connectivity index (χ3n) is 3.25. The average molecular weight is 310 g/mol. The summed E-state index contributed by atoms with van der Waals surface area (Å²) >= 11 is 1.55. The third kappa shape index (κ3) is 4.64. The average Bonchev–Trinajstić information content (AvgIpc) is 2.54. The molecule has 1 N–H and O–H groups in total. The zero-order chi connectivity index (χ0) is 15.9. The van der Waals surface area contributed by atoms with E-state index in [0.717, 1.165) is 10.5 Å². The number of carbonyl (C=O) groups excluding carboxylic acids is 1. The minimum atomic E-state index is -0.00623. The molecule has 0 aliphatic heterocycles. The molecule has 0 bridgehead atoms. The van der Waals surface area contributed by atoms with Crippen molar-refractivity contribution in [3.63, 3.8) is 0 Å². The van der Waals surface area contributed by atoms with Gasteiger partial charge in [0, 0.05) is 11.4 Å². The second-order valence-electron chi connectivity index (χ2n) is 5.15. The van der Waals surface area contributed by atoms with Crippen LogP contribution in [0.15, 0.2) is 47.4 Å². The van der Waals surface area contributed by atoms with Gasteiger partial charge in [0.1, 0.15) is 0 Å². The fraction of sp³-hybridized carbons (Fsp3) is 0.222. The number of benzene rings is 2. The number of amides is 1. The van der Waals surface area contributed by atoms with Crippen LogP contribution in [0.5, 0.6) is 0 Å². The molecule has 2 rings (SSSR count). The summed E-state index contributed by atoms with van der Waals surface area (Å²) < 4.78 is 0. The van der Waals surface area contributed by atoms with Crippen LogP contribution in [0.3, 0.4) is 0 Å². The zero-order valence-electron chi connectivity index (χ0n) is 12.7. The number of hydrogen-bond acceptors (Lipinski definition) is 3. The molecule has 0 aliphatic carbocycles. The van der Waals surface area contributed by atoms with Crippen molar-refractivity contribution in [2.24, 2.45) is 0 Å². The van der Waals surface area contributed by atoms with Gasteiger partial charge in [-0.25, -0.2) is 0 Å². The largest absolute Gasteiger partial charge is 0.351 e. The van der Waals surface area contributed by atoms with Gasteiger partial charge in [0.25, 0.3) is 0 Å². The van der Waals surface area contributed by atoms with Crippen molar-refractivity contribution in [1.82, 2.24) is 5.32 Å². The maximum atomic E-state index is 11.9. The molecule has 1 amide bonds. The van der Waals surface area contributed by atoms with Crippen LogP contribution < -0.4 is 5.32 Å². The van der Waals surface area contributed by atoms with Crippen molar-refractivity contribution in [3.05, 3.63) is 64.7 Å². The maximum Gasteiger partial charge on any atom is 0.230 e. The number of rotatable bonds is 5. The van der Waals surface area contributed by atoms with E-state index in [1.807, 2.05) is 26.0 Å². The smallest absolute Gasteiger partial charge is 0.230 e. The molecule has 0 unspecified atom stereocenters. The number of nitriles is 1. The predicted molar refractivity (Wildman–Crippen MR) is 89.6 cm³/mol. The summed E-state index contributed by atoms with van der Waals surface area (Å²) in [5, 5.41) is 11.7. The number of thioether (sulfide) groups is 1. The van der Waals surface area contributed by atoms with Gasteiger partial charge in [-0.1, -0.05) is 29.8 Å². The van der Waals surface area contributed by atoms with Crippen molar-refractivity contribution in [2.45, 2.75) is 25.3 Å². The van der Waals surface area contributed by atoms with Crippen LogP contribution in [0.25, 0.3) is 0 Å². The SMILES string of the molecule is Cc1ccc(C)c(SCC(=O)NCc2cccc(C#N)c2)c1. The highest BCUT2D eigenvalue weighted by atomic mass is 32.2. The lowest BCUT2D eigenvalue weighted by molar-refractivity contribution is -0.118. The van der Waals surface area contributed by atoms with E-state index in [2.05, 4.69) is 29.6 Å². The third-order valence-corrected chi connectivity index (χ3v) is 4.41. The van der Waals surface area contributed by atoms with Crippen LogP contribution in [0, 0.1) is 25.2 Å². The first-order valence-electron chi connectivity index (χ1n) is 7.04. The lowest BCUT2D eigenvalue weighted by Gasteiger charge is -2.08. The maximum absolute atomic E-state index is 11.9. The molecule has 0 heterocycles. The van der Waals surface area contributed by atoms with Gasteiger partial charge in [0.05, 0.1) is 17.4 Å². The zero-order valence-corrected chi connectivity index (χ0v) is 13.5. The Balaban J connectivity index is 1.85. The molecule has 22 heavy (non-hydrogen) atoms. The summed E-state index contributed by atoms with van der Waals surface area (Å²) in [4.78, 5) is 13.1. The molecule has 2 aromatic rings. The first kappa shape index (κ1) is 16.1. The van der Waals surface area contributed by atoms with Gasteiger partial charge < -0.3 is 5.32 Å². The van der Waals surface area contributed by atoms with E-state index in [1.165, 1.54) is 11.1 Å². The molecular formula is C18H18N2OS. The van der Waals surface area contributed by atoms with Crippen molar-refractivity contribution >= 4 is 17.7 Å². The highest BCUT2D eigenvalue weighted by Gasteiger charge is 2.05. The number of carbonyl (C=O) groups is 1. The summed E-state index contributed by atoms with van der Waals surface area (Å²) in [5.74, 6) is 0.385. The van der Waals surface area contributed by atoms with Gasteiger partial charge in [-0.05, 0) is 43.2 Å². The van der Waals surface area contributed by atoms with Crippen LogP contribution in [0.1, 0.15) is 22.3 Å². The van der Waals surface area contributed by atoms with E-state index in [4.69, 9.17) is 5.26 Å². The van der Waals surface area contributed by atoms with E-state index in [1.54, 1.807) is 23.9 Å². The van der Waals surface area contributed by atoms with Crippen molar-refractivity contribution in [1.29, 1.82) is 5.26 Å². The Kier molecular flexibility index (Phi) is 5.62. The second-order valence-corrected chi connectivity index (χ2v) is 6.16. The highest BCUT2D eigenvalue weighted by molar-refractivity contribution is 8.00. The van der Waals surface area contributed by atoms with Gasteiger partial charge in [0.15, 0.2) is 0 Å². The molecule has 0 saturated heterocycles. The van der Waals surface area contributed by atoms with E-state index >= 15 is 0 Å². The number of nitrogens with one attached hydrogen (secondary N) is 1. The normalized spacial score (nSPS) is 10.0. The first-order valence-corrected chi connectivity index (χ1v) is 8.03. The quantitative estimate of drug-likeness (QED) is 0.859. The molecule has 3 nitrogen and oxygen atoms in total. The molecule has 0 fully saturated rings. The van der Waals surface area contributed by atoms with E-state index in [-0.39, 0.29) is 5.91 Å². The molecular weight excluding hydrogens is 292 g/mol. The van der Waals surface area contributed by atoms with E-state index < -0.39 is 0 Å². The summed E-state index contributed by atoms with van der Waals surface area (Å²) in [7, 11) is 0. The molecule has 0 radical (unpaired) electrons. The Morgan fingerprint density at radius 2 is 2.05 bits per heavy atom. The summed E-state index contributed by atoms with van der Waals surface area (Å²) in [6.45, 7) is 4.54. The summed E-state index contributed by atoms with van der Waals surface area (Å²) in [6.07, 6.45) is 0. The molecule has 2 aromatic carbocycles. The summed E-state index contributed by atoms with van der Waals surface area (Å²) in [5.41, 5.74) is 3.92. The lowest BCUT2D eigenvalue weighted by atomic mass is 10.1. The molecule has 0 spiro atoms. The predicted octanol–water partition coefficient (Wildman–Crippen LogP) is 3.58. The van der Waals surface area contributed by atoms with Gasteiger partial charge in [-0.2, -0.15) is 5.26 Å². The minimum absolute atomic E-state index is 0.00623. The molecule has 0 atom stereocenters. The van der Waals surface area contributed by atoms with Crippen LogP contribution >= 0.6 is 11.8 Å². The Bertz CT molecular complexity index is 719. The number of hydrogen-bond donors (Lipinski definition) is 1. The fourth-order valence-corrected chi connectivity index (χ4v) is 2.96. The van der Waals surface area contributed by atoms with Crippen LogP contribution in [-0.2, 0) is 11.3 Å². The van der Waals surface area contributed by atoms with Crippen LogP contribution in [0.2, 0.25) is 0 Å². The Morgan fingerprint density at radius 1 is 1.23 bits per heavy atom. The fourth-order valence-electron chi connectivity index (χ4n) is 2.01. The lowest BCUT2D eigenvalue weighted by Crippen LogP contribution is -2.24. The monoisotopic (exact) mass is 310 g/mol. The Labute approximate surface area is 135 Å². The second kappa shape index (κ2) is 7.67. The molecule has 4 heteroatoms. The molecule has 0 saturated carbocycles. The topological polar surface area (TPSA) is 52.9 Å². The molecule has 112 valence electrons. The van der Waals surface area contributed by atoms with Crippen molar-refractivity contribution in [2.75, 3.05) is 5.75 Å². The van der Waals surface area contributed by atoms with Crippen molar-refractivity contribution < 1.29 is 4.79 Å². The van der Waals surface area contributed by atoms with Gasteiger partial charge in [-0.3, -0.25) is 4.79 Å². The van der Waals surface area contributed by atoms with Gasteiger partial charge in [0.2, 0.25) is 5.91 Å². The summed E-state index contributed by atoms with van der Waals surface area (Å²) in [6, 6.07) is 15.6. The highest BCUT2D eigenvalue weighted by Crippen LogP contribution is 2.23. The number of nitrogens with zero attached hydrogens (tertiary/aromatic N) is 1. The Morgan fingerprint density at radius 3 is 2.82 bits per heavy atom. The first-order chi connectivity index (χ1) is 10.6. The van der Waals surface area contributed by atoms with Crippen LogP contribution in [0.4, 0.5) is 0 Å². The number of aryl methyl sites for hydroxylation is 2. The van der Waals surface area contributed by atoms with Crippen molar-refractivity contribution in [3.8, 4) is 6.07 Å². The van der Waals surface area contributed by atoms with E-state index in [0.29, 0.717) is 17.9 Å². The van der Waals surface area contributed by atoms with Crippen LogP contribution in [-0.4, -0.2) is 11.7 Å². The van der Waals surface area contributed by atoms with Gasteiger partial charge in [-0.15, -0.1) is 11.8 Å². The van der Waals surface area contributed by atoms with Gasteiger partial charge >= 0.3 is 0 Å². The van der Waals surface area contributed by atoms with E-state index in [9.17, 15) is 4.79 Å². The Hall–Kier alpha value is -2.25. The standard InChI is InChI=1S/C18H18N2OS/c1-13-6-7-14(2)17(8-13)22-12-18(21)20-11-16-5-3-4-15(9-16)10-19/h3-9H,11-12H2,1-2H3,(H,20,21). The minimum Gasteiger partial charge on any atom is -0.351 e.